The maximum Gasteiger partial charge on any atom is 0.252 e. The third-order valence-electron chi connectivity index (χ3n) is 19.5. The summed E-state index contributed by atoms with van der Waals surface area (Å²) in [6.45, 7) is 39.9. The minimum absolute atomic E-state index is 0.00345. The van der Waals surface area contributed by atoms with Crippen molar-refractivity contribution in [3.63, 3.8) is 0 Å². The van der Waals surface area contributed by atoms with Crippen LogP contribution in [0.5, 0.6) is 0 Å². The average Bonchev–Trinajstić information content (AvgIpc) is 1.68. The molecule has 0 unspecified atom stereocenters. The zero-order chi connectivity index (χ0) is 59.8. The molecule has 0 bridgehead atoms. The molecule has 10 aromatic carbocycles. The second kappa shape index (κ2) is 18.5. The standard InChI is InChI=1S/C81H82BN3/c1-76(2,3)51-29-36-56(37-30-51)83-68-42-35-55(80(13,14)15)47-64(68)82-65-48-69(85-66-40-33-53(78(7,8)9)45-61(66)62-46-54(79(10,11)12)34-41-67(62)85)73-72(60-26-20-21-28-63(60)81(73,16)17)75(65)84(57-38-31-52(32-39-57)77(4,5)6)71-44-50(43-70(83)74(71)82)59-27-22-24-49-23-18-19-25-58(49)59/h18-48H,1-17H3. The average molecular weight is 1110 g/mol. The highest BCUT2D eigenvalue weighted by Gasteiger charge is 2.49. The molecule has 14 rings (SSSR count). The molecular formula is C81H82BN3. The fourth-order valence-corrected chi connectivity index (χ4v) is 14.7. The van der Waals surface area contributed by atoms with E-state index in [9.17, 15) is 0 Å². The van der Waals surface area contributed by atoms with Crippen LogP contribution in [0.15, 0.2) is 188 Å². The summed E-state index contributed by atoms with van der Waals surface area (Å²) in [5, 5.41) is 5.08. The first-order valence-electron chi connectivity index (χ1n) is 31.1. The molecule has 3 nitrogen and oxygen atoms in total. The van der Waals surface area contributed by atoms with E-state index in [0.717, 1.165) is 11.4 Å². The number of rotatable bonds is 4. The van der Waals surface area contributed by atoms with Crippen molar-refractivity contribution in [3.05, 3.63) is 227 Å². The lowest BCUT2D eigenvalue weighted by Gasteiger charge is -2.46. The van der Waals surface area contributed by atoms with Gasteiger partial charge >= 0.3 is 0 Å². The molecule has 424 valence electrons. The van der Waals surface area contributed by atoms with Crippen molar-refractivity contribution in [2.24, 2.45) is 0 Å². The van der Waals surface area contributed by atoms with Crippen molar-refractivity contribution in [3.8, 4) is 27.9 Å². The topological polar surface area (TPSA) is 11.4 Å². The minimum Gasteiger partial charge on any atom is -0.311 e. The van der Waals surface area contributed by atoms with E-state index in [0.29, 0.717) is 0 Å². The molecule has 1 aliphatic carbocycles. The highest BCUT2D eigenvalue weighted by Crippen LogP contribution is 2.59. The summed E-state index contributed by atoms with van der Waals surface area (Å²) >= 11 is 0. The summed E-state index contributed by atoms with van der Waals surface area (Å²) in [5.41, 5.74) is 28.7. The maximum absolute atomic E-state index is 2.71. The summed E-state index contributed by atoms with van der Waals surface area (Å²) in [4.78, 5) is 5.33. The van der Waals surface area contributed by atoms with Gasteiger partial charge in [-0.15, -0.1) is 0 Å². The summed E-state index contributed by atoms with van der Waals surface area (Å²) in [7, 11) is 0. The molecular weight excluding hydrogens is 1030 g/mol. The van der Waals surface area contributed by atoms with Crippen LogP contribution < -0.4 is 26.2 Å². The van der Waals surface area contributed by atoms with E-state index in [1.165, 1.54) is 139 Å². The smallest absolute Gasteiger partial charge is 0.252 e. The number of nitrogens with zero attached hydrogens (tertiary/aromatic N) is 3. The monoisotopic (exact) mass is 1110 g/mol. The predicted octanol–water partition coefficient (Wildman–Crippen LogP) is 20.5. The molecule has 11 aromatic rings. The van der Waals surface area contributed by atoms with Gasteiger partial charge < -0.3 is 14.4 Å². The van der Waals surface area contributed by atoms with Crippen molar-refractivity contribution in [2.75, 3.05) is 9.80 Å². The Hall–Kier alpha value is -8.08. The van der Waals surface area contributed by atoms with Crippen LogP contribution in [0.25, 0.3) is 60.5 Å². The Kier molecular flexibility index (Phi) is 11.9. The zero-order valence-electron chi connectivity index (χ0n) is 53.3. The van der Waals surface area contributed by atoms with Gasteiger partial charge in [0, 0.05) is 55.9 Å². The van der Waals surface area contributed by atoms with Crippen LogP contribution in [0.3, 0.4) is 0 Å². The second-order valence-electron chi connectivity index (χ2n) is 30.7. The molecule has 0 saturated heterocycles. The summed E-state index contributed by atoms with van der Waals surface area (Å²) in [6, 6.07) is 74.1. The van der Waals surface area contributed by atoms with E-state index < -0.39 is 0 Å². The highest BCUT2D eigenvalue weighted by molar-refractivity contribution is 7.00. The molecule has 0 N–H and O–H groups in total. The largest absolute Gasteiger partial charge is 0.311 e. The van der Waals surface area contributed by atoms with Gasteiger partial charge in [-0.1, -0.05) is 233 Å². The van der Waals surface area contributed by atoms with E-state index in [2.05, 4.69) is 320 Å². The van der Waals surface area contributed by atoms with E-state index in [1.54, 1.807) is 0 Å². The first-order chi connectivity index (χ1) is 40.1. The van der Waals surface area contributed by atoms with Gasteiger partial charge in [-0.25, -0.2) is 0 Å². The molecule has 3 heterocycles. The summed E-state index contributed by atoms with van der Waals surface area (Å²) < 4.78 is 2.68. The molecule has 0 saturated carbocycles. The Morgan fingerprint density at radius 1 is 0.365 bits per heavy atom. The van der Waals surface area contributed by atoms with Gasteiger partial charge in [0.2, 0.25) is 0 Å². The maximum atomic E-state index is 2.71. The Morgan fingerprint density at radius 2 is 0.835 bits per heavy atom. The molecule has 0 amide bonds. The quantitative estimate of drug-likeness (QED) is 0.163. The van der Waals surface area contributed by atoms with E-state index >= 15 is 0 Å². The highest BCUT2D eigenvalue weighted by atomic mass is 15.2. The molecule has 0 fully saturated rings. The number of benzene rings is 10. The van der Waals surface area contributed by atoms with Crippen LogP contribution in [0.2, 0.25) is 0 Å². The summed E-state index contributed by atoms with van der Waals surface area (Å²) in [6.07, 6.45) is 0. The normalized spacial score (nSPS) is 14.7. The third kappa shape index (κ3) is 8.50. The lowest BCUT2D eigenvalue weighted by Crippen LogP contribution is -2.62. The van der Waals surface area contributed by atoms with Gasteiger partial charge in [0.1, 0.15) is 0 Å². The van der Waals surface area contributed by atoms with Crippen molar-refractivity contribution in [2.45, 2.75) is 150 Å². The number of aromatic nitrogens is 1. The van der Waals surface area contributed by atoms with Crippen LogP contribution in [0.1, 0.15) is 157 Å². The van der Waals surface area contributed by atoms with Crippen LogP contribution in [0, 0.1) is 0 Å². The minimum atomic E-state index is -0.381. The predicted molar refractivity (Wildman–Crippen MR) is 369 cm³/mol. The van der Waals surface area contributed by atoms with Crippen LogP contribution in [-0.4, -0.2) is 11.3 Å². The fourth-order valence-electron chi connectivity index (χ4n) is 14.7. The number of hydrogen-bond donors (Lipinski definition) is 0. The van der Waals surface area contributed by atoms with E-state index in [4.69, 9.17) is 0 Å². The van der Waals surface area contributed by atoms with E-state index in [1.807, 2.05) is 0 Å². The van der Waals surface area contributed by atoms with Gasteiger partial charge in [0.05, 0.1) is 16.7 Å². The van der Waals surface area contributed by atoms with Crippen LogP contribution >= 0.6 is 0 Å². The van der Waals surface area contributed by atoms with Gasteiger partial charge in [-0.2, -0.15) is 0 Å². The third-order valence-corrected chi connectivity index (χ3v) is 19.5. The second-order valence-corrected chi connectivity index (χ2v) is 30.7. The van der Waals surface area contributed by atoms with Gasteiger partial charge in [-0.05, 0) is 183 Å². The molecule has 4 heteroatoms. The Labute approximate surface area is 506 Å². The molecule has 2 aliphatic heterocycles. The Morgan fingerprint density at radius 3 is 1.41 bits per heavy atom. The Bertz CT molecular complexity index is 4490. The van der Waals surface area contributed by atoms with Gasteiger partial charge in [-0.3, -0.25) is 0 Å². The summed E-state index contributed by atoms with van der Waals surface area (Å²) in [5.74, 6) is 0. The first-order valence-corrected chi connectivity index (χ1v) is 31.1. The van der Waals surface area contributed by atoms with Crippen molar-refractivity contribution in [1.29, 1.82) is 0 Å². The van der Waals surface area contributed by atoms with Crippen LogP contribution in [-0.2, 0) is 32.5 Å². The lowest BCUT2D eigenvalue weighted by atomic mass is 9.33. The van der Waals surface area contributed by atoms with Crippen molar-refractivity contribution in [1.82, 2.24) is 4.57 Å². The number of hydrogen-bond acceptors (Lipinski definition) is 2. The number of fused-ring (bicyclic) bond motifs is 12. The fraction of sp³-hybridized carbons (Fsp3) is 0.284. The van der Waals surface area contributed by atoms with Gasteiger partial charge in [0.25, 0.3) is 6.71 Å². The molecule has 3 aliphatic rings. The van der Waals surface area contributed by atoms with Crippen molar-refractivity contribution < 1.29 is 0 Å². The van der Waals surface area contributed by atoms with E-state index in [-0.39, 0.29) is 39.2 Å². The zero-order valence-corrected chi connectivity index (χ0v) is 53.3. The Balaban J connectivity index is 1.19. The van der Waals surface area contributed by atoms with Gasteiger partial charge in [0.15, 0.2) is 0 Å². The molecule has 85 heavy (non-hydrogen) atoms. The molecule has 0 atom stereocenters. The van der Waals surface area contributed by atoms with Crippen molar-refractivity contribution >= 4 is 89.8 Å². The first kappa shape index (κ1) is 54.8. The number of anilines is 6. The van der Waals surface area contributed by atoms with Crippen LogP contribution in [0.4, 0.5) is 34.1 Å². The molecule has 0 spiro atoms. The lowest BCUT2D eigenvalue weighted by molar-refractivity contribution is 0.590. The SMILES string of the molecule is CC(C)(C)c1ccc(N2c3ccc(C(C)(C)C)cc3B3c4cc(-n5c6ccc(C(C)(C)C)cc6c6cc(C(C)(C)C)ccc65)c5c(c4N(c4ccc(C(C)(C)C)cc4)c4cc(-c6cccc7ccccc67)cc2c43)-c2ccccc2C5(C)C)cc1. The molecule has 0 radical (unpaired) electrons. The molecule has 1 aromatic heterocycles.